The van der Waals surface area contributed by atoms with E-state index < -0.39 is 11.9 Å². The Labute approximate surface area is 199 Å². The molecule has 0 fully saturated rings. The van der Waals surface area contributed by atoms with Crippen LogP contribution in [0.4, 0.5) is 0 Å². The maximum Gasteiger partial charge on any atom is 1.00 e. The molecule has 1 rings (SSSR count). The van der Waals surface area contributed by atoms with Gasteiger partial charge in [0.2, 0.25) is 0 Å². The predicted molar refractivity (Wildman–Crippen MR) is 35.1 cm³/mol. The number of benzene rings is 1. The zero-order valence-electron chi connectivity index (χ0n) is 7.94. The Kier molecular flexibility index (Phi) is 12.4. The SMILES string of the molecule is O=C([O-])c1ccccc1C(=O)[O-].[Cs+].[Cs+]. The zero-order chi connectivity index (χ0) is 9.14. The molecule has 0 radical (unpaired) electrons. The van der Waals surface area contributed by atoms with Gasteiger partial charge in [0.15, 0.2) is 0 Å². The van der Waals surface area contributed by atoms with Crippen molar-refractivity contribution in [2.24, 2.45) is 0 Å². The van der Waals surface area contributed by atoms with Gasteiger partial charge in [-0.1, -0.05) is 24.3 Å². The Bertz CT molecular complexity index is 305. The quantitative estimate of drug-likeness (QED) is 0.468. The van der Waals surface area contributed by atoms with E-state index in [1.54, 1.807) is 0 Å². The van der Waals surface area contributed by atoms with E-state index in [9.17, 15) is 19.8 Å². The molecule has 0 atom stereocenters. The summed E-state index contributed by atoms with van der Waals surface area (Å²) in [5.41, 5.74) is -0.727. The number of carboxylic acids is 2. The van der Waals surface area contributed by atoms with Gasteiger partial charge in [-0.15, -0.1) is 0 Å². The summed E-state index contributed by atoms with van der Waals surface area (Å²) in [5, 5.41) is 20.6. The first kappa shape index (κ1) is 18.6. The zero-order valence-corrected chi connectivity index (χ0v) is 20.5. The summed E-state index contributed by atoms with van der Waals surface area (Å²) in [6, 6.07) is 5.14. The molecule has 0 aliphatic rings. The summed E-state index contributed by atoms with van der Waals surface area (Å²) in [4.78, 5) is 20.6. The number of hydrogen-bond acceptors (Lipinski definition) is 4. The van der Waals surface area contributed by atoms with Crippen LogP contribution < -0.4 is 148 Å². The summed E-state index contributed by atoms with van der Waals surface area (Å²) >= 11 is 0. The minimum absolute atomic E-state index is 0. The van der Waals surface area contributed by atoms with Crippen LogP contribution in [0.3, 0.4) is 0 Å². The normalized spacial score (nSPS) is 8.00. The van der Waals surface area contributed by atoms with Crippen molar-refractivity contribution >= 4 is 11.9 Å². The average Bonchev–Trinajstić information content (AvgIpc) is 2.04. The molecule has 0 saturated heterocycles. The number of hydrogen-bond donors (Lipinski definition) is 0. The number of rotatable bonds is 2. The van der Waals surface area contributed by atoms with Gasteiger partial charge in [0.25, 0.3) is 0 Å². The second-order valence-electron chi connectivity index (χ2n) is 2.12. The topological polar surface area (TPSA) is 80.3 Å². The van der Waals surface area contributed by atoms with Crippen molar-refractivity contribution in [2.75, 3.05) is 0 Å². The summed E-state index contributed by atoms with van der Waals surface area (Å²) in [7, 11) is 0. The van der Waals surface area contributed by atoms with Crippen LogP contribution in [0, 0.1) is 0 Å². The maximum absolute atomic E-state index is 10.3. The van der Waals surface area contributed by atoms with Gasteiger partial charge in [0.05, 0.1) is 11.9 Å². The van der Waals surface area contributed by atoms with Crippen molar-refractivity contribution in [2.45, 2.75) is 0 Å². The molecular weight excluding hydrogens is 426 g/mol. The fraction of sp³-hybridized carbons (Fsp3) is 0. The van der Waals surface area contributed by atoms with Crippen LogP contribution in [0.25, 0.3) is 0 Å². The third kappa shape index (κ3) is 5.55. The van der Waals surface area contributed by atoms with Crippen molar-refractivity contribution in [1.29, 1.82) is 0 Å². The van der Waals surface area contributed by atoms with Crippen LogP contribution in [-0.4, -0.2) is 11.9 Å². The van der Waals surface area contributed by atoms with E-state index in [2.05, 4.69) is 0 Å². The minimum atomic E-state index is -1.52. The molecule has 6 heteroatoms. The van der Waals surface area contributed by atoms with E-state index in [1.807, 2.05) is 0 Å². The molecule has 0 saturated carbocycles. The van der Waals surface area contributed by atoms with Gasteiger partial charge in [-0.05, 0) is 0 Å². The number of carbonyl (C=O) groups is 2. The Balaban J connectivity index is 0. The van der Waals surface area contributed by atoms with Crippen molar-refractivity contribution in [1.82, 2.24) is 0 Å². The maximum atomic E-state index is 10.3. The first-order valence-electron chi connectivity index (χ1n) is 3.14. The van der Waals surface area contributed by atoms with Crippen LogP contribution in [0.5, 0.6) is 0 Å². The molecule has 0 N–H and O–H groups in total. The summed E-state index contributed by atoms with van der Waals surface area (Å²) < 4.78 is 0. The second-order valence-corrected chi connectivity index (χ2v) is 2.12. The molecule has 1 aromatic rings. The van der Waals surface area contributed by atoms with Crippen molar-refractivity contribution in [3.63, 3.8) is 0 Å². The standard InChI is InChI=1S/C8H6O4.2Cs/c9-7(10)5-3-1-2-4-6(5)8(11)12;;/h1-4H,(H,9,10)(H,11,12);;/q;2*+1/p-2. The van der Waals surface area contributed by atoms with Gasteiger partial charge in [-0.2, -0.15) is 0 Å². The first-order chi connectivity index (χ1) is 5.63. The molecule has 4 nitrogen and oxygen atoms in total. The van der Waals surface area contributed by atoms with Gasteiger partial charge >= 0.3 is 138 Å². The predicted octanol–water partition coefficient (Wildman–Crippen LogP) is -7.58. The summed E-state index contributed by atoms with van der Waals surface area (Å²) in [6.07, 6.45) is 0. The monoisotopic (exact) mass is 430 g/mol. The Hall–Kier alpha value is 2.26. The molecule has 0 heterocycles. The second kappa shape index (κ2) is 9.31. The molecule has 0 aliphatic carbocycles. The van der Waals surface area contributed by atoms with Crippen molar-refractivity contribution in [3.8, 4) is 0 Å². The van der Waals surface area contributed by atoms with E-state index in [0.29, 0.717) is 0 Å². The Morgan fingerprint density at radius 1 is 0.857 bits per heavy atom. The fourth-order valence-corrected chi connectivity index (χ4v) is 0.839. The van der Waals surface area contributed by atoms with Crippen LogP contribution in [0.15, 0.2) is 24.3 Å². The van der Waals surface area contributed by atoms with Crippen LogP contribution in [0.1, 0.15) is 20.7 Å². The van der Waals surface area contributed by atoms with Crippen LogP contribution in [-0.2, 0) is 0 Å². The van der Waals surface area contributed by atoms with E-state index in [-0.39, 0.29) is 149 Å². The third-order valence-electron chi connectivity index (χ3n) is 1.37. The van der Waals surface area contributed by atoms with Gasteiger partial charge < -0.3 is 19.8 Å². The van der Waals surface area contributed by atoms with E-state index >= 15 is 0 Å². The third-order valence-corrected chi connectivity index (χ3v) is 1.37. The molecule has 0 unspecified atom stereocenters. The van der Waals surface area contributed by atoms with E-state index in [0.717, 1.165) is 12.1 Å². The van der Waals surface area contributed by atoms with Gasteiger partial charge in [-0.25, -0.2) is 0 Å². The largest absolute Gasteiger partial charge is 1.00 e. The van der Waals surface area contributed by atoms with Crippen LogP contribution >= 0.6 is 0 Å². The number of carbonyl (C=O) groups excluding carboxylic acids is 2. The number of carboxylic acid groups (broad SMARTS) is 2. The van der Waals surface area contributed by atoms with Crippen LogP contribution in [0.2, 0.25) is 0 Å². The molecule has 62 valence electrons. The fourth-order valence-electron chi connectivity index (χ4n) is 0.839. The summed E-state index contributed by atoms with van der Waals surface area (Å²) in [6.45, 7) is 0. The molecular formula is C8H4Cs2O4. The molecule has 0 amide bonds. The van der Waals surface area contributed by atoms with Gasteiger partial charge in [-0.3, -0.25) is 0 Å². The average molecular weight is 430 g/mol. The Morgan fingerprint density at radius 3 is 1.36 bits per heavy atom. The molecule has 0 aromatic heterocycles. The molecule has 0 bridgehead atoms. The van der Waals surface area contributed by atoms with Gasteiger partial charge in [0.1, 0.15) is 0 Å². The van der Waals surface area contributed by atoms with Gasteiger partial charge in [0, 0.05) is 11.1 Å². The van der Waals surface area contributed by atoms with E-state index in [4.69, 9.17) is 0 Å². The summed E-state index contributed by atoms with van der Waals surface area (Å²) in [5.74, 6) is -3.04. The van der Waals surface area contributed by atoms with E-state index in [1.165, 1.54) is 12.1 Å². The number of aromatic carboxylic acids is 2. The molecule has 1 aromatic carbocycles. The first-order valence-corrected chi connectivity index (χ1v) is 3.14. The molecule has 0 aliphatic heterocycles. The smallest absolute Gasteiger partial charge is 0.545 e. The molecule has 0 spiro atoms. The van der Waals surface area contributed by atoms with Crippen molar-refractivity contribution in [3.05, 3.63) is 35.4 Å². The molecule has 14 heavy (non-hydrogen) atoms. The Morgan fingerprint density at radius 2 is 1.14 bits per heavy atom. The minimum Gasteiger partial charge on any atom is -0.545 e. The van der Waals surface area contributed by atoms with Crippen molar-refractivity contribution < 1.29 is 158 Å².